The van der Waals surface area contributed by atoms with E-state index in [-0.39, 0.29) is 36.3 Å². The molecule has 10 heteroatoms. The van der Waals surface area contributed by atoms with E-state index in [1.54, 1.807) is 24.3 Å². The first-order valence-corrected chi connectivity index (χ1v) is 14.3. The molecule has 0 spiro atoms. The van der Waals surface area contributed by atoms with Crippen molar-refractivity contribution in [2.45, 2.75) is 57.1 Å². The van der Waals surface area contributed by atoms with Gasteiger partial charge in [0, 0.05) is 25.6 Å². The molecule has 1 unspecified atom stereocenters. The number of sulfonamides is 1. The number of methoxy groups -OCH3 is 1. The minimum absolute atomic E-state index is 0.0466. The van der Waals surface area contributed by atoms with Gasteiger partial charge in [-0.05, 0) is 42.2 Å². The van der Waals surface area contributed by atoms with E-state index < -0.39 is 21.9 Å². The fraction of sp³-hybridized carbons (Fsp3) is 0.370. The van der Waals surface area contributed by atoms with Crippen LogP contribution in [0.5, 0.6) is 5.75 Å². The Hall–Kier alpha value is -3.08. The van der Waals surface area contributed by atoms with E-state index >= 15 is 0 Å². The SMILES string of the molecule is CC[C@@H]1CN(Cc2cc(C(CC(=O)OC)c3ncc(C(C)=O)s3)ccc2C)S(=O)(=O)c2ccccc2O1. The van der Waals surface area contributed by atoms with Gasteiger partial charge in [0.2, 0.25) is 10.0 Å². The van der Waals surface area contributed by atoms with Crippen molar-refractivity contribution in [3.05, 3.63) is 75.2 Å². The molecule has 8 nitrogen and oxygen atoms in total. The first-order valence-electron chi connectivity index (χ1n) is 12.0. The average molecular weight is 543 g/mol. The number of para-hydroxylation sites is 1. The van der Waals surface area contributed by atoms with Crippen molar-refractivity contribution in [1.29, 1.82) is 0 Å². The normalized spacial score (nSPS) is 17.8. The van der Waals surface area contributed by atoms with E-state index in [2.05, 4.69) is 4.98 Å². The average Bonchev–Trinajstić information content (AvgIpc) is 3.34. The smallest absolute Gasteiger partial charge is 0.306 e. The molecule has 0 amide bonds. The topological polar surface area (TPSA) is 103 Å². The van der Waals surface area contributed by atoms with Crippen molar-refractivity contribution < 1.29 is 27.5 Å². The van der Waals surface area contributed by atoms with E-state index in [4.69, 9.17) is 9.47 Å². The highest BCUT2D eigenvalue weighted by atomic mass is 32.2. The number of thiazole rings is 1. The van der Waals surface area contributed by atoms with E-state index in [9.17, 15) is 18.0 Å². The molecule has 0 saturated heterocycles. The van der Waals surface area contributed by atoms with Gasteiger partial charge in [0.1, 0.15) is 21.8 Å². The van der Waals surface area contributed by atoms with Crippen molar-refractivity contribution in [3.63, 3.8) is 0 Å². The van der Waals surface area contributed by atoms with Gasteiger partial charge in [-0.25, -0.2) is 13.4 Å². The summed E-state index contributed by atoms with van der Waals surface area (Å²) in [4.78, 5) is 29.2. The Morgan fingerprint density at radius 3 is 2.68 bits per heavy atom. The Labute approximate surface area is 221 Å². The zero-order valence-electron chi connectivity index (χ0n) is 21.3. The number of carbonyl (C=O) groups is 2. The molecule has 4 rings (SSSR count). The first-order chi connectivity index (χ1) is 17.6. The second kappa shape index (κ2) is 11.1. The highest BCUT2D eigenvalue weighted by molar-refractivity contribution is 7.89. The van der Waals surface area contributed by atoms with Gasteiger partial charge in [0.15, 0.2) is 5.78 Å². The van der Waals surface area contributed by atoms with E-state index in [0.29, 0.717) is 22.1 Å². The summed E-state index contributed by atoms with van der Waals surface area (Å²) in [6, 6.07) is 12.5. The number of aromatic nitrogens is 1. The maximum Gasteiger partial charge on any atom is 0.306 e. The van der Waals surface area contributed by atoms with Crippen LogP contribution in [0.1, 0.15) is 64.0 Å². The highest BCUT2D eigenvalue weighted by Gasteiger charge is 2.34. The predicted octanol–water partition coefficient (Wildman–Crippen LogP) is 4.71. The maximum atomic E-state index is 13.6. The van der Waals surface area contributed by atoms with Crippen LogP contribution in [-0.2, 0) is 26.1 Å². The maximum absolute atomic E-state index is 13.6. The quantitative estimate of drug-likeness (QED) is 0.300. The van der Waals surface area contributed by atoms with Gasteiger partial charge in [-0.1, -0.05) is 37.3 Å². The summed E-state index contributed by atoms with van der Waals surface area (Å²) >= 11 is 1.25. The largest absolute Gasteiger partial charge is 0.488 e. The van der Waals surface area contributed by atoms with Gasteiger partial charge in [0.25, 0.3) is 0 Å². The van der Waals surface area contributed by atoms with Crippen LogP contribution < -0.4 is 4.74 Å². The van der Waals surface area contributed by atoms with Gasteiger partial charge in [-0.3, -0.25) is 9.59 Å². The van der Waals surface area contributed by atoms with Gasteiger partial charge < -0.3 is 9.47 Å². The third-order valence-electron chi connectivity index (χ3n) is 6.51. The Kier molecular flexibility index (Phi) is 8.11. The van der Waals surface area contributed by atoms with Crippen LogP contribution in [0.4, 0.5) is 0 Å². The molecule has 1 aliphatic rings. The number of ether oxygens (including phenoxy) is 2. The number of Topliss-reactive ketones (excluding diaryl/α,β-unsaturated/α-hetero) is 1. The van der Waals surface area contributed by atoms with Crippen molar-refractivity contribution in [2.24, 2.45) is 0 Å². The monoisotopic (exact) mass is 542 g/mol. The minimum Gasteiger partial charge on any atom is -0.488 e. The Bertz CT molecular complexity index is 1420. The van der Waals surface area contributed by atoms with Crippen LogP contribution in [0, 0.1) is 6.92 Å². The second-order valence-corrected chi connectivity index (χ2v) is 12.0. The summed E-state index contributed by atoms with van der Waals surface area (Å²) in [5.74, 6) is -0.561. The van der Waals surface area contributed by atoms with Crippen molar-refractivity contribution in [1.82, 2.24) is 9.29 Å². The van der Waals surface area contributed by atoms with Crippen LogP contribution in [0.15, 0.2) is 53.6 Å². The molecule has 2 atom stereocenters. The summed E-state index contributed by atoms with van der Waals surface area (Å²) in [7, 11) is -2.47. The molecule has 0 saturated carbocycles. The molecule has 2 heterocycles. The Balaban J connectivity index is 1.73. The number of nitrogens with zero attached hydrogens (tertiary/aromatic N) is 2. The molecule has 1 aliphatic heterocycles. The minimum atomic E-state index is -3.81. The number of ketones is 1. The van der Waals surface area contributed by atoms with Crippen LogP contribution >= 0.6 is 11.3 Å². The molecule has 0 aliphatic carbocycles. The Morgan fingerprint density at radius 1 is 1.24 bits per heavy atom. The number of fused-ring (bicyclic) bond motifs is 1. The zero-order valence-corrected chi connectivity index (χ0v) is 22.9. The van der Waals surface area contributed by atoms with Gasteiger partial charge in [0.05, 0.1) is 25.0 Å². The highest BCUT2D eigenvalue weighted by Crippen LogP contribution is 2.35. The molecule has 0 N–H and O–H groups in total. The summed E-state index contributed by atoms with van der Waals surface area (Å²) in [6.45, 7) is 5.74. The molecule has 196 valence electrons. The molecule has 3 aromatic rings. The van der Waals surface area contributed by atoms with Crippen LogP contribution in [0.3, 0.4) is 0 Å². The summed E-state index contributed by atoms with van der Waals surface area (Å²) in [5, 5.41) is 0.626. The summed E-state index contributed by atoms with van der Waals surface area (Å²) in [6.07, 6.45) is 1.94. The predicted molar refractivity (Wildman–Crippen MR) is 141 cm³/mol. The molecule has 0 radical (unpaired) electrons. The lowest BCUT2D eigenvalue weighted by atomic mass is 9.93. The van der Waals surface area contributed by atoms with Crippen LogP contribution in [0.25, 0.3) is 0 Å². The summed E-state index contributed by atoms with van der Waals surface area (Å²) in [5.41, 5.74) is 2.53. The van der Waals surface area contributed by atoms with Crippen molar-refractivity contribution >= 4 is 33.1 Å². The number of hydrogen-bond acceptors (Lipinski definition) is 8. The third-order valence-corrected chi connectivity index (χ3v) is 9.58. The number of benzene rings is 2. The standard InChI is InChI=1S/C27H30N2O6S2/c1-5-21-16-29(37(32,33)25-9-7-6-8-23(25)35-21)15-20-12-19(11-10-17(20)2)22(13-26(31)34-4)27-28-14-24(36-27)18(3)30/h6-12,14,21-22H,5,13,15-16H2,1-4H3/t21-,22?/m1/s1. The van der Waals surface area contributed by atoms with Crippen molar-refractivity contribution in [3.8, 4) is 5.75 Å². The van der Waals surface area contributed by atoms with Gasteiger partial charge in [-0.2, -0.15) is 4.31 Å². The van der Waals surface area contributed by atoms with Crippen molar-refractivity contribution in [2.75, 3.05) is 13.7 Å². The second-order valence-electron chi connectivity index (χ2n) is 9.03. The van der Waals surface area contributed by atoms with Crippen LogP contribution in [-0.4, -0.2) is 49.2 Å². The molecule has 0 fully saturated rings. The molecule has 0 bridgehead atoms. The lowest BCUT2D eigenvalue weighted by molar-refractivity contribution is -0.140. The molecular weight excluding hydrogens is 512 g/mol. The Morgan fingerprint density at radius 2 is 2.00 bits per heavy atom. The number of rotatable bonds is 8. The van der Waals surface area contributed by atoms with Gasteiger partial charge in [-0.15, -0.1) is 11.3 Å². The van der Waals surface area contributed by atoms with Gasteiger partial charge >= 0.3 is 5.97 Å². The first kappa shape index (κ1) is 27.0. The lowest BCUT2D eigenvalue weighted by Gasteiger charge is -2.24. The number of esters is 1. The fourth-order valence-corrected chi connectivity index (χ4v) is 6.79. The van der Waals surface area contributed by atoms with Crippen LogP contribution in [0.2, 0.25) is 0 Å². The summed E-state index contributed by atoms with van der Waals surface area (Å²) < 4.78 is 39.7. The number of hydrogen-bond donors (Lipinski definition) is 0. The van der Waals surface area contributed by atoms with E-state index in [0.717, 1.165) is 16.7 Å². The number of carbonyl (C=O) groups excluding carboxylic acids is 2. The number of aryl methyl sites for hydroxylation is 1. The van der Waals surface area contributed by atoms with E-state index in [1.807, 2.05) is 32.0 Å². The third kappa shape index (κ3) is 5.76. The molecular formula is C27H30N2O6S2. The fourth-order valence-electron chi connectivity index (χ4n) is 4.28. The van der Waals surface area contributed by atoms with E-state index in [1.165, 1.54) is 35.9 Å². The zero-order chi connectivity index (χ0) is 26.7. The molecule has 2 aromatic carbocycles. The molecule has 37 heavy (non-hydrogen) atoms. The molecule has 1 aromatic heterocycles. The lowest BCUT2D eigenvalue weighted by Crippen LogP contribution is -2.36.